The Morgan fingerprint density at radius 2 is 1.85 bits per heavy atom. The van der Waals surface area contributed by atoms with E-state index >= 15 is 0 Å². The summed E-state index contributed by atoms with van der Waals surface area (Å²) in [4.78, 5) is 12.0. The molecule has 3 saturated carbocycles. The van der Waals surface area contributed by atoms with Gasteiger partial charge in [-0.3, -0.25) is 0 Å². The number of allylic oxidation sites excluding steroid dienone is 2. The predicted octanol–water partition coefficient (Wildman–Crippen LogP) is 5.10. The highest BCUT2D eigenvalue weighted by molar-refractivity contribution is 5.87. The molecule has 0 amide bonds. The quantitative estimate of drug-likeness (QED) is 0.414. The van der Waals surface area contributed by atoms with E-state index in [0.29, 0.717) is 24.2 Å². The predicted molar refractivity (Wildman–Crippen MR) is 102 cm³/mol. The van der Waals surface area contributed by atoms with Gasteiger partial charge in [0.15, 0.2) is 0 Å². The van der Waals surface area contributed by atoms with Crippen LogP contribution in [0.25, 0.3) is 0 Å². The minimum absolute atomic E-state index is 0.190. The second-order valence-corrected chi connectivity index (χ2v) is 9.64. The summed E-state index contributed by atoms with van der Waals surface area (Å²) in [5.41, 5.74) is 2.16. The van der Waals surface area contributed by atoms with Crippen molar-refractivity contribution < 1.29 is 19.0 Å². The number of hydrogen-bond acceptors (Lipinski definition) is 3. The fourth-order valence-corrected chi connectivity index (χ4v) is 7.20. The minimum Gasteiger partial charge on any atom is -0.461 e. The molecule has 0 aromatic carbocycles. The molecule has 0 heterocycles. The molecule has 0 aromatic heterocycles. The van der Waals surface area contributed by atoms with E-state index in [2.05, 4.69) is 19.9 Å². The van der Waals surface area contributed by atoms with Crippen LogP contribution in [0.2, 0.25) is 0 Å². The van der Waals surface area contributed by atoms with E-state index in [4.69, 9.17) is 4.74 Å². The molecule has 150 valence electrons. The fraction of sp³-hybridized carbons (Fsp3) is 0.783. The minimum atomic E-state index is -0.779. The Bertz CT molecular complexity index is 696. The Morgan fingerprint density at radius 1 is 1.15 bits per heavy atom. The van der Waals surface area contributed by atoms with E-state index in [-0.39, 0.29) is 23.5 Å². The summed E-state index contributed by atoms with van der Waals surface area (Å²) in [6.45, 7) is 6.52. The normalized spacial score (nSPS) is 45.3. The van der Waals surface area contributed by atoms with Crippen LogP contribution in [0.15, 0.2) is 23.0 Å². The topological polar surface area (TPSA) is 46.5 Å². The molecule has 0 aromatic rings. The van der Waals surface area contributed by atoms with Crippen LogP contribution >= 0.6 is 0 Å². The zero-order valence-corrected chi connectivity index (χ0v) is 16.9. The number of halogens is 1. The summed E-state index contributed by atoms with van der Waals surface area (Å²) in [7, 11) is 0. The lowest BCUT2D eigenvalue weighted by Crippen LogP contribution is -2.49. The van der Waals surface area contributed by atoms with Crippen LogP contribution in [0.5, 0.6) is 0 Å². The number of fused-ring (bicyclic) bond motifs is 5. The average molecular weight is 377 g/mol. The lowest BCUT2D eigenvalue weighted by atomic mass is 9.47. The van der Waals surface area contributed by atoms with Crippen LogP contribution in [0.3, 0.4) is 0 Å². The summed E-state index contributed by atoms with van der Waals surface area (Å²) < 4.78 is 19.8. The third-order valence-electron chi connectivity index (χ3n) is 8.59. The summed E-state index contributed by atoms with van der Waals surface area (Å²) in [5.74, 6) is 0.264. The van der Waals surface area contributed by atoms with Gasteiger partial charge in [-0.2, -0.15) is 4.39 Å². The van der Waals surface area contributed by atoms with Crippen molar-refractivity contribution in [1.82, 2.24) is 0 Å². The van der Waals surface area contributed by atoms with Crippen LogP contribution in [0, 0.1) is 28.6 Å². The zero-order chi connectivity index (χ0) is 19.4. The smallest absolute Gasteiger partial charge is 0.367 e. The number of carbonyl (C=O) groups is 1. The number of aliphatic hydroxyl groups excluding tert-OH is 1. The van der Waals surface area contributed by atoms with Crippen molar-refractivity contribution in [2.75, 3.05) is 6.61 Å². The lowest BCUT2D eigenvalue weighted by Gasteiger charge is -2.57. The van der Waals surface area contributed by atoms with Crippen molar-refractivity contribution in [2.24, 2.45) is 28.6 Å². The third kappa shape index (κ3) is 2.82. The average Bonchev–Trinajstić information content (AvgIpc) is 2.99. The van der Waals surface area contributed by atoms with Crippen molar-refractivity contribution in [3.63, 3.8) is 0 Å². The molecule has 0 spiro atoms. The molecule has 1 N–H and O–H groups in total. The van der Waals surface area contributed by atoms with E-state index in [9.17, 15) is 14.3 Å². The second kappa shape index (κ2) is 6.72. The van der Waals surface area contributed by atoms with Crippen molar-refractivity contribution >= 4 is 5.97 Å². The SMILES string of the molecule is CCOC(=O)C(F)=C1CC[C@H]2[C@@H]3CCC4=C[C@@H](O)CC[C@]4(C)[C@H]3CC[C@]12C. The van der Waals surface area contributed by atoms with Gasteiger partial charge in [0.25, 0.3) is 0 Å². The molecule has 3 nitrogen and oxygen atoms in total. The molecule has 0 saturated heterocycles. The molecule has 0 bridgehead atoms. The molecule has 0 aliphatic heterocycles. The largest absolute Gasteiger partial charge is 0.461 e. The molecule has 0 unspecified atom stereocenters. The van der Waals surface area contributed by atoms with E-state index in [1.807, 2.05) is 0 Å². The van der Waals surface area contributed by atoms with E-state index in [0.717, 1.165) is 50.5 Å². The van der Waals surface area contributed by atoms with E-state index < -0.39 is 11.8 Å². The molecule has 27 heavy (non-hydrogen) atoms. The van der Waals surface area contributed by atoms with Gasteiger partial charge in [-0.05, 0) is 92.4 Å². The lowest BCUT2D eigenvalue weighted by molar-refractivity contribution is -0.140. The Labute approximate surface area is 162 Å². The Balaban J connectivity index is 1.64. The monoisotopic (exact) mass is 376 g/mol. The first-order chi connectivity index (χ1) is 12.8. The van der Waals surface area contributed by atoms with Crippen molar-refractivity contribution in [2.45, 2.75) is 78.2 Å². The zero-order valence-electron chi connectivity index (χ0n) is 16.9. The van der Waals surface area contributed by atoms with E-state index in [1.165, 1.54) is 5.57 Å². The van der Waals surface area contributed by atoms with Gasteiger partial charge >= 0.3 is 5.97 Å². The molecule has 6 atom stereocenters. The highest BCUT2D eigenvalue weighted by Crippen LogP contribution is 2.67. The fourth-order valence-electron chi connectivity index (χ4n) is 7.20. The molecule has 3 fully saturated rings. The van der Waals surface area contributed by atoms with Gasteiger partial charge in [0.1, 0.15) is 0 Å². The van der Waals surface area contributed by atoms with Crippen LogP contribution in [0.4, 0.5) is 4.39 Å². The Kier molecular flexibility index (Phi) is 4.77. The molecule has 4 heteroatoms. The third-order valence-corrected chi connectivity index (χ3v) is 8.59. The highest BCUT2D eigenvalue weighted by Gasteiger charge is 2.58. The van der Waals surface area contributed by atoms with Crippen molar-refractivity contribution in [3.8, 4) is 0 Å². The number of esters is 1. The second-order valence-electron chi connectivity index (χ2n) is 9.64. The summed E-state index contributed by atoms with van der Waals surface area (Å²) in [6.07, 6.45) is 9.65. The number of carbonyl (C=O) groups excluding carboxylic acids is 1. The maximum Gasteiger partial charge on any atom is 0.367 e. The first kappa shape index (κ1) is 19.2. The molecule has 0 radical (unpaired) electrons. The number of ether oxygens (including phenoxy) is 1. The standard InChI is InChI=1S/C23H33FO3/c1-4-27-21(26)20(24)19-8-7-17-16-6-5-14-13-15(25)9-11-22(14,2)18(16)10-12-23(17,19)3/h13,15-18,25H,4-12H2,1-3H3/t15-,16-,17-,18-,22-,23-/m0/s1. The first-order valence-electron chi connectivity index (χ1n) is 10.8. The number of hydrogen-bond donors (Lipinski definition) is 1. The van der Waals surface area contributed by atoms with Crippen LogP contribution in [-0.4, -0.2) is 23.8 Å². The van der Waals surface area contributed by atoms with Gasteiger partial charge < -0.3 is 9.84 Å². The molecule has 4 aliphatic carbocycles. The van der Waals surface area contributed by atoms with E-state index in [1.54, 1.807) is 6.92 Å². The van der Waals surface area contributed by atoms with Gasteiger partial charge in [-0.15, -0.1) is 0 Å². The Hall–Kier alpha value is -1.16. The highest BCUT2D eigenvalue weighted by atomic mass is 19.1. The summed E-state index contributed by atoms with van der Waals surface area (Å²) >= 11 is 0. The number of aliphatic hydroxyl groups is 1. The van der Waals surface area contributed by atoms with Gasteiger partial charge in [-0.25, -0.2) is 4.79 Å². The molecule has 4 aliphatic rings. The van der Waals surface area contributed by atoms with Gasteiger partial charge in [0, 0.05) is 0 Å². The summed E-state index contributed by atoms with van der Waals surface area (Å²) in [5, 5.41) is 10.1. The first-order valence-corrected chi connectivity index (χ1v) is 10.8. The molecule has 4 rings (SSSR count). The van der Waals surface area contributed by atoms with Crippen LogP contribution in [0.1, 0.15) is 72.1 Å². The van der Waals surface area contributed by atoms with Gasteiger partial charge in [0.2, 0.25) is 5.83 Å². The van der Waals surface area contributed by atoms with Crippen molar-refractivity contribution in [1.29, 1.82) is 0 Å². The van der Waals surface area contributed by atoms with Crippen LogP contribution in [-0.2, 0) is 9.53 Å². The molecular formula is C23H33FO3. The van der Waals surface area contributed by atoms with Gasteiger partial charge in [0.05, 0.1) is 12.7 Å². The van der Waals surface area contributed by atoms with Gasteiger partial charge in [-0.1, -0.05) is 25.5 Å². The molecular weight excluding hydrogens is 343 g/mol. The van der Waals surface area contributed by atoms with Crippen LogP contribution < -0.4 is 0 Å². The maximum atomic E-state index is 14.9. The summed E-state index contributed by atoms with van der Waals surface area (Å²) in [6, 6.07) is 0. The number of rotatable bonds is 2. The maximum absolute atomic E-state index is 14.9. The Morgan fingerprint density at radius 3 is 2.59 bits per heavy atom. The van der Waals surface area contributed by atoms with Crippen molar-refractivity contribution in [3.05, 3.63) is 23.0 Å².